The van der Waals surface area contributed by atoms with Crippen LogP contribution in [-0.4, -0.2) is 47.6 Å². The van der Waals surface area contributed by atoms with Crippen molar-refractivity contribution in [1.82, 2.24) is 4.90 Å². The Balaban J connectivity index is 1.41. The molecule has 4 rings (SSSR count). The van der Waals surface area contributed by atoms with Gasteiger partial charge in [-0.3, -0.25) is 9.59 Å². The fraction of sp³-hybridized carbons (Fsp3) is 0.360. The Morgan fingerprint density at radius 1 is 1.19 bits per heavy atom. The Kier molecular flexibility index (Phi) is 6.67. The van der Waals surface area contributed by atoms with E-state index in [1.807, 2.05) is 23.1 Å². The number of piperidine rings is 1. The molecule has 1 fully saturated rings. The van der Waals surface area contributed by atoms with Crippen LogP contribution < -0.4 is 10.1 Å². The van der Waals surface area contributed by atoms with Crippen molar-refractivity contribution >= 4 is 23.6 Å². The van der Waals surface area contributed by atoms with Gasteiger partial charge < -0.3 is 20.1 Å². The number of aliphatic hydroxyl groups is 1. The van der Waals surface area contributed by atoms with E-state index >= 15 is 0 Å². The molecule has 0 saturated carbocycles. The fourth-order valence-electron chi connectivity index (χ4n) is 4.28. The lowest BCUT2D eigenvalue weighted by atomic mass is 9.98. The number of rotatable bonds is 6. The number of nitrogens with one attached hydrogen (secondary N) is 1. The third kappa shape index (κ3) is 5.14. The van der Waals surface area contributed by atoms with Gasteiger partial charge in [0.2, 0.25) is 5.91 Å². The highest BCUT2D eigenvalue weighted by atomic mass is 16.5. The number of carbonyl (C=O) groups is 2. The largest absolute Gasteiger partial charge is 0.493 e. The first-order valence-electron chi connectivity index (χ1n) is 10.9. The Morgan fingerprint density at radius 3 is 2.97 bits per heavy atom. The van der Waals surface area contributed by atoms with Gasteiger partial charge in [-0.2, -0.15) is 0 Å². The van der Waals surface area contributed by atoms with E-state index in [-0.39, 0.29) is 24.5 Å². The molecule has 0 aromatic heterocycles. The molecule has 0 aliphatic carbocycles. The maximum absolute atomic E-state index is 13.0. The molecule has 2 aromatic carbocycles. The van der Waals surface area contributed by atoms with Crippen molar-refractivity contribution in [3.05, 3.63) is 65.2 Å². The van der Waals surface area contributed by atoms with E-state index in [2.05, 4.69) is 5.32 Å². The molecule has 1 saturated heterocycles. The van der Waals surface area contributed by atoms with Gasteiger partial charge in [0.1, 0.15) is 5.75 Å². The Hall–Kier alpha value is -3.12. The molecule has 0 bridgehead atoms. The zero-order chi connectivity index (χ0) is 21.6. The Bertz CT molecular complexity index is 983. The zero-order valence-corrected chi connectivity index (χ0v) is 17.5. The van der Waals surface area contributed by atoms with E-state index in [0.717, 1.165) is 42.6 Å². The molecule has 2 aliphatic heterocycles. The number of aliphatic hydroxyl groups excluding tert-OH is 1. The summed E-state index contributed by atoms with van der Waals surface area (Å²) < 4.78 is 5.51. The van der Waals surface area contributed by atoms with Crippen LogP contribution in [0.3, 0.4) is 0 Å². The predicted octanol–water partition coefficient (Wildman–Crippen LogP) is 3.65. The zero-order valence-electron chi connectivity index (χ0n) is 17.5. The van der Waals surface area contributed by atoms with E-state index in [4.69, 9.17) is 4.74 Å². The van der Waals surface area contributed by atoms with Crippen LogP contribution in [-0.2, 0) is 11.2 Å². The number of hydrogen-bond acceptors (Lipinski definition) is 4. The van der Waals surface area contributed by atoms with E-state index in [9.17, 15) is 14.7 Å². The molecule has 6 heteroatoms. The molecule has 0 radical (unpaired) electrons. The van der Waals surface area contributed by atoms with Crippen LogP contribution in [0.25, 0.3) is 6.08 Å². The number of hydrogen-bond donors (Lipinski definition) is 2. The van der Waals surface area contributed by atoms with Crippen molar-refractivity contribution in [1.29, 1.82) is 0 Å². The molecule has 6 nitrogen and oxygen atoms in total. The summed E-state index contributed by atoms with van der Waals surface area (Å²) in [5.74, 6) is 0.612. The second kappa shape index (κ2) is 9.79. The summed E-state index contributed by atoms with van der Waals surface area (Å²) in [7, 11) is 0. The second-order valence-corrected chi connectivity index (χ2v) is 8.03. The summed E-state index contributed by atoms with van der Waals surface area (Å²) in [5, 5.41) is 12.2. The van der Waals surface area contributed by atoms with Crippen molar-refractivity contribution in [3.8, 4) is 5.75 Å². The maximum atomic E-state index is 13.0. The van der Waals surface area contributed by atoms with Crippen molar-refractivity contribution < 1.29 is 19.4 Å². The first kappa shape index (κ1) is 21.1. The average molecular weight is 421 g/mol. The smallest absolute Gasteiger partial charge is 0.254 e. The van der Waals surface area contributed by atoms with Gasteiger partial charge in [0, 0.05) is 42.9 Å². The van der Waals surface area contributed by atoms with Crippen LogP contribution >= 0.6 is 0 Å². The molecule has 0 spiro atoms. The summed E-state index contributed by atoms with van der Waals surface area (Å²) in [6.07, 6.45) is 7.73. The number of amides is 2. The molecule has 2 N–H and O–H groups in total. The summed E-state index contributed by atoms with van der Waals surface area (Å²) in [6, 6.07) is 13.0. The minimum atomic E-state index is -0.252. The van der Waals surface area contributed by atoms with Gasteiger partial charge in [-0.1, -0.05) is 12.1 Å². The standard InChI is InChI=1S/C25H28N2O4/c28-14-11-22-6-1-2-13-27(22)25(30)20-4-3-5-21(17-20)26-24(29)10-8-18-7-9-23-19(16-18)12-15-31-23/h3-5,7-10,16-17,22,28H,1-2,6,11-15H2,(H,26,29)/b10-8+. The van der Waals surface area contributed by atoms with Gasteiger partial charge >= 0.3 is 0 Å². The van der Waals surface area contributed by atoms with Crippen LogP contribution in [0.5, 0.6) is 5.75 Å². The SMILES string of the molecule is O=C(/C=C/c1ccc2c(c1)CCO2)Nc1cccc(C(=O)N2CCCCC2CCO)c1. The van der Waals surface area contributed by atoms with Crippen LogP contribution in [0.1, 0.15) is 47.2 Å². The summed E-state index contributed by atoms with van der Waals surface area (Å²) >= 11 is 0. The van der Waals surface area contributed by atoms with E-state index in [1.54, 1.807) is 30.3 Å². The minimum Gasteiger partial charge on any atom is -0.493 e. The van der Waals surface area contributed by atoms with Crippen LogP contribution in [0.4, 0.5) is 5.69 Å². The minimum absolute atomic E-state index is 0.0508. The Labute approximate surface area is 182 Å². The Morgan fingerprint density at radius 2 is 2.10 bits per heavy atom. The highest BCUT2D eigenvalue weighted by molar-refractivity contribution is 6.03. The summed E-state index contributed by atoms with van der Waals surface area (Å²) in [6.45, 7) is 1.49. The average Bonchev–Trinajstić information content (AvgIpc) is 3.26. The molecular formula is C25H28N2O4. The highest BCUT2D eigenvalue weighted by Gasteiger charge is 2.27. The van der Waals surface area contributed by atoms with Gasteiger partial charge in [0.05, 0.1) is 6.61 Å². The number of likely N-dealkylation sites (tertiary alicyclic amines) is 1. The van der Waals surface area contributed by atoms with Gasteiger partial charge in [0.25, 0.3) is 5.91 Å². The van der Waals surface area contributed by atoms with Gasteiger partial charge in [0.15, 0.2) is 0 Å². The first-order chi connectivity index (χ1) is 15.1. The third-order valence-corrected chi connectivity index (χ3v) is 5.87. The van der Waals surface area contributed by atoms with Crippen molar-refractivity contribution in [2.75, 3.05) is 25.1 Å². The monoisotopic (exact) mass is 420 g/mol. The molecule has 2 heterocycles. The number of benzene rings is 2. The maximum Gasteiger partial charge on any atom is 0.254 e. The fourth-order valence-corrected chi connectivity index (χ4v) is 4.28. The van der Waals surface area contributed by atoms with E-state index in [1.165, 1.54) is 6.08 Å². The third-order valence-electron chi connectivity index (χ3n) is 5.87. The van der Waals surface area contributed by atoms with Crippen LogP contribution in [0, 0.1) is 0 Å². The number of ether oxygens (including phenoxy) is 1. The lowest BCUT2D eigenvalue weighted by molar-refractivity contribution is -0.111. The van der Waals surface area contributed by atoms with Crippen LogP contribution in [0.15, 0.2) is 48.5 Å². The molecule has 1 atom stereocenters. The molecule has 2 aromatic rings. The quantitative estimate of drug-likeness (QED) is 0.700. The number of fused-ring (bicyclic) bond motifs is 1. The molecule has 2 aliphatic rings. The van der Waals surface area contributed by atoms with Gasteiger partial charge in [-0.15, -0.1) is 0 Å². The molecule has 31 heavy (non-hydrogen) atoms. The van der Waals surface area contributed by atoms with E-state index in [0.29, 0.717) is 30.8 Å². The number of anilines is 1. The number of nitrogens with zero attached hydrogens (tertiary/aromatic N) is 1. The van der Waals surface area contributed by atoms with Crippen molar-refractivity contribution in [2.24, 2.45) is 0 Å². The molecule has 162 valence electrons. The van der Waals surface area contributed by atoms with Crippen molar-refractivity contribution in [3.63, 3.8) is 0 Å². The van der Waals surface area contributed by atoms with E-state index < -0.39 is 0 Å². The summed E-state index contributed by atoms with van der Waals surface area (Å²) in [5.41, 5.74) is 3.23. The second-order valence-electron chi connectivity index (χ2n) is 8.03. The predicted molar refractivity (Wildman–Crippen MR) is 120 cm³/mol. The first-order valence-corrected chi connectivity index (χ1v) is 10.9. The van der Waals surface area contributed by atoms with Gasteiger partial charge in [-0.05, 0) is 73.2 Å². The normalized spacial score (nSPS) is 18.0. The molecule has 2 amide bonds. The van der Waals surface area contributed by atoms with Crippen molar-refractivity contribution in [2.45, 2.75) is 38.1 Å². The molecular weight excluding hydrogens is 392 g/mol. The van der Waals surface area contributed by atoms with Crippen LogP contribution in [0.2, 0.25) is 0 Å². The number of carbonyl (C=O) groups excluding carboxylic acids is 2. The highest BCUT2D eigenvalue weighted by Crippen LogP contribution is 2.26. The lowest BCUT2D eigenvalue weighted by Gasteiger charge is -2.35. The molecule has 1 unspecified atom stereocenters. The van der Waals surface area contributed by atoms with Gasteiger partial charge in [-0.25, -0.2) is 0 Å². The topological polar surface area (TPSA) is 78.9 Å². The summed E-state index contributed by atoms with van der Waals surface area (Å²) in [4.78, 5) is 27.3. The lowest BCUT2D eigenvalue weighted by Crippen LogP contribution is -2.44.